The summed E-state index contributed by atoms with van der Waals surface area (Å²) in [4.78, 5) is 31.3. The lowest BCUT2D eigenvalue weighted by Crippen LogP contribution is -2.25. The molecule has 2 aromatic heterocycles. The molecule has 0 bridgehead atoms. The molecule has 2 N–H and O–H groups in total. The molecule has 3 heterocycles. The van der Waals surface area contributed by atoms with Crippen molar-refractivity contribution >= 4 is 11.9 Å². The van der Waals surface area contributed by atoms with Crippen LogP contribution in [0.25, 0.3) is 11.4 Å². The van der Waals surface area contributed by atoms with Crippen molar-refractivity contribution < 1.29 is 4.79 Å². The summed E-state index contributed by atoms with van der Waals surface area (Å²) in [5.41, 5.74) is 7.55. The number of carbonyl (C=O) groups excluding carboxylic acids is 1. The highest BCUT2D eigenvalue weighted by Crippen LogP contribution is 2.33. The minimum Gasteiger partial charge on any atom is -0.366 e. The van der Waals surface area contributed by atoms with Crippen molar-refractivity contribution in [1.29, 1.82) is 0 Å². The second kappa shape index (κ2) is 6.87. The van der Waals surface area contributed by atoms with Gasteiger partial charge in [-0.15, -0.1) is 0 Å². The number of amides is 1. The molecule has 4 rings (SSSR count). The van der Waals surface area contributed by atoms with Gasteiger partial charge in [-0.2, -0.15) is 0 Å². The van der Waals surface area contributed by atoms with Crippen LogP contribution in [0.2, 0.25) is 0 Å². The average molecular weight is 346 g/mol. The maximum atomic E-state index is 11.2. The quantitative estimate of drug-likeness (QED) is 0.779. The van der Waals surface area contributed by atoms with E-state index in [2.05, 4.69) is 19.9 Å². The summed E-state index contributed by atoms with van der Waals surface area (Å²) in [5.74, 6) is 0.899. The number of nitrogens with zero attached hydrogens (tertiary/aromatic N) is 5. The molecule has 0 spiro atoms. The zero-order valence-corrected chi connectivity index (χ0v) is 14.1. The fraction of sp³-hybridized carbons (Fsp3) is 0.211. The van der Waals surface area contributed by atoms with Gasteiger partial charge in [-0.05, 0) is 37.1 Å². The van der Waals surface area contributed by atoms with Gasteiger partial charge in [-0.1, -0.05) is 12.1 Å². The second-order valence-electron chi connectivity index (χ2n) is 6.15. The predicted octanol–water partition coefficient (Wildman–Crippen LogP) is 2.37. The van der Waals surface area contributed by atoms with Crippen LogP contribution in [0, 0.1) is 0 Å². The number of hydrogen-bond donors (Lipinski definition) is 1. The first-order valence-electron chi connectivity index (χ1n) is 8.49. The topological polar surface area (TPSA) is 97.9 Å². The maximum Gasteiger partial charge on any atom is 0.248 e. The average Bonchev–Trinajstić information content (AvgIpc) is 3.19. The molecule has 7 heteroatoms. The van der Waals surface area contributed by atoms with Crippen molar-refractivity contribution in [1.82, 2.24) is 19.9 Å². The van der Waals surface area contributed by atoms with Crippen molar-refractivity contribution in [2.75, 3.05) is 11.4 Å². The summed E-state index contributed by atoms with van der Waals surface area (Å²) < 4.78 is 0. The zero-order chi connectivity index (χ0) is 17.9. The second-order valence-corrected chi connectivity index (χ2v) is 6.15. The number of anilines is 1. The van der Waals surface area contributed by atoms with E-state index in [1.165, 1.54) is 0 Å². The molecule has 130 valence electrons. The Morgan fingerprint density at radius 2 is 1.81 bits per heavy atom. The number of nitrogens with two attached hydrogens (primary N) is 1. The van der Waals surface area contributed by atoms with Crippen LogP contribution in [0.3, 0.4) is 0 Å². The van der Waals surface area contributed by atoms with Crippen LogP contribution in [0.15, 0.2) is 55.0 Å². The molecule has 1 atom stereocenters. The van der Waals surface area contributed by atoms with Crippen molar-refractivity contribution in [2.45, 2.75) is 18.9 Å². The van der Waals surface area contributed by atoms with E-state index in [4.69, 9.17) is 10.7 Å². The summed E-state index contributed by atoms with van der Waals surface area (Å²) in [5, 5.41) is 0. The lowest BCUT2D eigenvalue weighted by atomic mass is 10.1. The van der Waals surface area contributed by atoms with E-state index in [9.17, 15) is 4.79 Å². The van der Waals surface area contributed by atoms with Crippen molar-refractivity contribution in [3.63, 3.8) is 0 Å². The van der Waals surface area contributed by atoms with Gasteiger partial charge >= 0.3 is 0 Å². The molecule has 0 unspecified atom stereocenters. The van der Waals surface area contributed by atoms with Crippen molar-refractivity contribution in [3.8, 4) is 11.4 Å². The summed E-state index contributed by atoms with van der Waals surface area (Å²) in [6.45, 7) is 0.904. The first-order chi connectivity index (χ1) is 12.7. The highest BCUT2D eigenvalue weighted by atomic mass is 16.1. The Bertz CT molecular complexity index is 913. The molecule has 1 aromatic carbocycles. The number of primary amides is 1. The van der Waals surface area contributed by atoms with Gasteiger partial charge < -0.3 is 10.6 Å². The SMILES string of the molecule is NC(=O)c1ccc(-c2nccc([C@H]3CCCN3c3ncccn3)n2)cc1. The Morgan fingerprint density at radius 1 is 1.04 bits per heavy atom. The fourth-order valence-electron chi connectivity index (χ4n) is 3.23. The third-order valence-electron chi connectivity index (χ3n) is 4.51. The third-order valence-corrected chi connectivity index (χ3v) is 4.51. The minimum atomic E-state index is -0.448. The highest BCUT2D eigenvalue weighted by Gasteiger charge is 2.29. The smallest absolute Gasteiger partial charge is 0.248 e. The van der Waals surface area contributed by atoms with Crippen LogP contribution < -0.4 is 10.6 Å². The molecular weight excluding hydrogens is 328 g/mol. The van der Waals surface area contributed by atoms with Gasteiger partial charge in [0.2, 0.25) is 11.9 Å². The Balaban J connectivity index is 1.64. The van der Waals surface area contributed by atoms with Crippen molar-refractivity contribution in [3.05, 3.63) is 66.2 Å². The number of hydrogen-bond acceptors (Lipinski definition) is 6. The van der Waals surface area contributed by atoms with E-state index in [1.54, 1.807) is 30.7 Å². The van der Waals surface area contributed by atoms with E-state index in [-0.39, 0.29) is 6.04 Å². The monoisotopic (exact) mass is 346 g/mol. The molecule has 1 aliphatic rings. The van der Waals surface area contributed by atoms with Gasteiger partial charge in [0, 0.05) is 36.3 Å². The van der Waals surface area contributed by atoms with E-state index in [0.717, 1.165) is 36.6 Å². The van der Waals surface area contributed by atoms with Gasteiger partial charge in [0.25, 0.3) is 0 Å². The summed E-state index contributed by atoms with van der Waals surface area (Å²) in [7, 11) is 0. The van der Waals surface area contributed by atoms with E-state index in [0.29, 0.717) is 11.4 Å². The Morgan fingerprint density at radius 3 is 2.54 bits per heavy atom. The normalized spacial score (nSPS) is 16.6. The van der Waals surface area contributed by atoms with Gasteiger partial charge in [-0.25, -0.2) is 19.9 Å². The summed E-state index contributed by atoms with van der Waals surface area (Å²) in [6, 6.07) is 10.9. The largest absolute Gasteiger partial charge is 0.366 e. The first kappa shape index (κ1) is 16.1. The molecule has 26 heavy (non-hydrogen) atoms. The van der Waals surface area contributed by atoms with Crippen LogP contribution in [-0.4, -0.2) is 32.4 Å². The van der Waals surface area contributed by atoms with Crippen LogP contribution in [0.4, 0.5) is 5.95 Å². The first-order valence-corrected chi connectivity index (χ1v) is 8.49. The number of benzene rings is 1. The third kappa shape index (κ3) is 3.11. The number of carbonyl (C=O) groups is 1. The molecule has 1 aliphatic heterocycles. The minimum absolute atomic E-state index is 0.129. The molecule has 7 nitrogen and oxygen atoms in total. The van der Waals surface area contributed by atoms with E-state index in [1.807, 2.05) is 24.3 Å². The Labute approximate surface area is 151 Å². The fourth-order valence-corrected chi connectivity index (χ4v) is 3.23. The molecule has 3 aromatic rings. The zero-order valence-electron chi connectivity index (χ0n) is 14.1. The van der Waals surface area contributed by atoms with Crippen LogP contribution in [-0.2, 0) is 0 Å². The van der Waals surface area contributed by atoms with Gasteiger partial charge in [0.1, 0.15) is 0 Å². The number of aromatic nitrogens is 4. The summed E-state index contributed by atoms with van der Waals surface area (Å²) >= 11 is 0. The molecule has 1 saturated heterocycles. The molecule has 1 amide bonds. The summed E-state index contributed by atoms with van der Waals surface area (Å²) in [6.07, 6.45) is 7.33. The van der Waals surface area contributed by atoms with E-state index < -0.39 is 5.91 Å². The van der Waals surface area contributed by atoms with E-state index >= 15 is 0 Å². The maximum absolute atomic E-state index is 11.2. The van der Waals surface area contributed by atoms with Crippen LogP contribution >= 0.6 is 0 Å². The molecule has 1 fully saturated rings. The Kier molecular flexibility index (Phi) is 4.27. The van der Waals surface area contributed by atoms with Gasteiger partial charge in [-0.3, -0.25) is 4.79 Å². The molecular formula is C19H18N6O. The highest BCUT2D eigenvalue weighted by molar-refractivity contribution is 5.93. The Hall–Kier alpha value is -3.35. The lowest BCUT2D eigenvalue weighted by molar-refractivity contribution is 0.100. The number of rotatable bonds is 4. The molecule has 0 saturated carbocycles. The van der Waals surface area contributed by atoms with Crippen LogP contribution in [0.5, 0.6) is 0 Å². The van der Waals surface area contributed by atoms with Gasteiger partial charge in [0.05, 0.1) is 11.7 Å². The van der Waals surface area contributed by atoms with Crippen LogP contribution in [0.1, 0.15) is 34.9 Å². The van der Waals surface area contributed by atoms with Gasteiger partial charge in [0.15, 0.2) is 5.82 Å². The molecule has 0 radical (unpaired) electrons. The predicted molar refractivity (Wildman–Crippen MR) is 97.3 cm³/mol. The van der Waals surface area contributed by atoms with Crippen molar-refractivity contribution in [2.24, 2.45) is 5.73 Å². The standard InChI is InChI=1S/C19H18N6O/c20-17(26)13-4-6-14(7-5-13)18-21-11-8-15(24-18)16-3-1-12-25(16)19-22-9-2-10-23-19/h2,4-11,16H,1,3,12H2,(H2,20,26)/t16-/m1/s1. The molecule has 0 aliphatic carbocycles. The lowest BCUT2D eigenvalue weighted by Gasteiger charge is -2.24.